The van der Waals surface area contributed by atoms with Crippen LogP contribution in [0, 0.1) is 5.82 Å². The van der Waals surface area contributed by atoms with E-state index < -0.39 is 6.10 Å². The standard InChI is InChI=1S/C17H25BrFNO/c1-3-17(2,20-9-5-4-6-10-20)16(21)11-13-7-8-14(18)12-15(13)19/h7-8,12,16,21H,3-6,9-11H2,1-2H3. The zero-order chi connectivity index (χ0) is 15.5. The highest BCUT2D eigenvalue weighted by Crippen LogP contribution is 2.30. The van der Waals surface area contributed by atoms with Gasteiger partial charge in [0.05, 0.1) is 6.10 Å². The van der Waals surface area contributed by atoms with Crippen molar-refractivity contribution in [1.29, 1.82) is 0 Å². The summed E-state index contributed by atoms with van der Waals surface area (Å²) in [6.07, 6.45) is 4.32. The Morgan fingerprint density at radius 2 is 2.00 bits per heavy atom. The molecule has 1 aromatic carbocycles. The fourth-order valence-corrected chi connectivity index (χ4v) is 3.52. The largest absolute Gasteiger partial charge is 0.391 e. The van der Waals surface area contributed by atoms with Crippen molar-refractivity contribution in [1.82, 2.24) is 4.90 Å². The predicted molar refractivity (Wildman–Crippen MR) is 87.9 cm³/mol. The van der Waals surface area contributed by atoms with Crippen molar-refractivity contribution in [3.05, 3.63) is 34.1 Å². The Hall–Kier alpha value is -0.450. The van der Waals surface area contributed by atoms with Gasteiger partial charge in [0.25, 0.3) is 0 Å². The van der Waals surface area contributed by atoms with Gasteiger partial charge in [0, 0.05) is 16.4 Å². The molecule has 1 aliphatic heterocycles. The fourth-order valence-electron chi connectivity index (χ4n) is 3.19. The molecule has 1 aliphatic rings. The van der Waals surface area contributed by atoms with Gasteiger partial charge in [-0.3, -0.25) is 4.90 Å². The van der Waals surface area contributed by atoms with Crippen LogP contribution in [0.3, 0.4) is 0 Å². The maximum atomic E-state index is 14.0. The SMILES string of the molecule is CCC(C)(C(O)Cc1ccc(Br)cc1F)N1CCCCC1. The van der Waals surface area contributed by atoms with E-state index >= 15 is 0 Å². The number of likely N-dealkylation sites (tertiary alicyclic amines) is 1. The number of hydrogen-bond donors (Lipinski definition) is 1. The molecule has 2 atom stereocenters. The number of nitrogens with zero attached hydrogens (tertiary/aromatic N) is 1. The summed E-state index contributed by atoms with van der Waals surface area (Å²) in [6, 6.07) is 5.05. The summed E-state index contributed by atoms with van der Waals surface area (Å²) in [5.41, 5.74) is 0.308. The summed E-state index contributed by atoms with van der Waals surface area (Å²) < 4.78 is 14.7. The van der Waals surface area contributed by atoms with E-state index in [1.54, 1.807) is 6.07 Å². The number of aliphatic hydroxyl groups is 1. The van der Waals surface area contributed by atoms with E-state index in [-0.39, 0.29) is 11.4 Å². The van der Waals surface area contributed by atoms with E-state index in [4.69, 9.17) is 0 Å². The van der Waals surface area contributed by atoms with Crippen LogP contribution in [0.25, 0.3) is 0 Å². The number of benzene rings is 1. The molecular weight excluding hydrogens is 333 g/mol. The lowest BCUT2D eigenvalue weighted by Crippen LogP contribution is -2.56. The van der Waals surface area contributed by atoms with E-state index in [1.807, 2.05) is 6.07 Å². The summed E-state index contributed by atoms with van der Waals surface area (Å²) >= 11 is 3.27. The van der Waals surface area contributed by atoms with Crippen LogP contribution in [0.5, 0.6) is 0 Å². The van der Waals surface area contributed by atoms with Gasteiger partial charge >= 0.3 is 0 Å². The first-order chi connectivity index (χ1) is 9.97. The lowest BCUT2D eigenvalue weighted by molar-refractivity contribution is -0.0331. The minimum Gasteiger partial charge on any atom is -0.391 e. The molecule has 2 nitrogen and oxygen atoms in total. The van der Waals surface area contributed by atoms with Crippen LogP contribution in [0.1, 0.15) is 45.1 Å². The fraction of sp³-hybridized carbons (Fsp3) is 0.647. The summed E-state index contributed by atoms with van der Waals surface area (Å²) in [6.45, 7) is 6.28. The first-order valence-corrected chi connectivity index (χ1v) is 8.63. The van der Waals surface area contributed by atoms with Gasteiger partial charge in [-0.1, -0.05) is 35.3 Å². The minimum atomic E-state index is -0.559. The monoisotopic (exact) mass is 357 g/mol. The predicted octanol–water partition coefficient (Wildman–Crippen LogP) is 4.15. The molecule has 0 aromatic heterocycles. The van der Waals surface area contributed by atoms with Gasteiger partial charge in [0.2, 0.25) is 0 Å². The topological polar surface area (TPSA) is 23.5 Å². The molecule has 0 aliphatic carbocycles. The Morgan fingerprint density at radius 1 is 1.33 bits per heavy atom. The third-order valence-electron chi connectivity index (χ3n) is 4.94. The lowest BCUT2D eigenvalue weighted by atomic mass is 9.84. The van der Waals surface area contributed by atoms with Gasteiger partial charge in [-0.05, 0) is 57.0 Å². The quantitative estimate of drug-likeness (QED) is 0.855. The normalized spacial score (nSPS) is 21.0. The van der Waals surface area contributed by atoms with Crippen molar-refractivity contribution in [3.63, 3.8) is 0 Å². The minimum absolute atomic E-state index is 0.250. The van der Waals surface area contributed by atoms with E-state index in [0.717, 1.165) is 24.0 Å². The Morgan fingerprint density at radius 3 is 2.57 bits per heavy atom. The van der Waals surface area contributed by atoms with Crippen LogP contribution in [-0.2, 0) is 6.42 Å². The van der Waals surface area contributed by atoms with Crippen LogP contribution >= 0.6 is 15.9 Å². The van der Waals surface area contributed by atoms with Crippen molar-refractivity contribution in [3.8, 4) is 0 Å². The molecule has 1 aromatic rings. The third-order valence-corrected chi connectivity index (χ3v) is 5.43. The molecule has 0 bridgehead atoms. The van der Waals surface area contributed by atoms with Gasteiger partial charge in [0.1, 0.15) is 5.82 Å². The number of rotatable bonds is 5. The van der Waals surface area contributed by atoms with Gasteiger partial charge in [-0.2, -0.15) is 0 Å². The molecule has 0 saturated carbocycles. The number of hydrogen-bond acceptors (Lipinski definition) is 2. The van der Waals surface area contributed by atoms with E-state index in [9.17, 15) is 9.50 Å². The molecular formula is C17H25BrFNO. The zero-order valence-corrected chi connectivity index (χ0v) is 14.5. The molecule has 1 saturated heterocycles. The first kappa shape index (κ1) is 16.9. The second kappa shape index (κ2) is 7.21. The highest BCUT2D eigenvalue weighted by Gasteiger charge is 2.38. The third kappa shape index (κ3) is 3.85. The Labute approximate surface area is 135 Å². The second-order valence-corrected chi connectivity index (χ2v) is 7.13. The molecule has 4 heteroatoms. The highest BCUT2D eigenvalue weighted by molar-refractivity contribution is 9.10. The Bertz CT molecular complexity index is 476. The van der Waals surface area contributed by atoms with E-state index in [1.165, 1.54) is 25.3 Å². The van der Waals surface area contributed by atoms with Gasteiger partial charge in [-0.25, -0.2) is 4.39 Å². The molecule has 2 rings (SSSR count). The maximum absolute atomic E-state index is 14.0. The summed E-state index contributed by atoms with van der Waals surface area (Å²) in [5.74, 6) is -0.250. The average molecular weight is 358 g/mol. The first-order valence-electron chi connectivity index (χ1n) is 7.84. The van der Waals surface area contributed by atoms with Crippen molar-refractivity contribution in [2.75, 3.05) is 13.1 Å². The van der Waals surface area contributed by atoms with Gasteiger partial charge < -0.3 is 5.11 Å². The molecule has 21 heavy (non-hydrogen) atoms. The van der Waals surface area contributed by atoms with Gasteiger partial charge in [0.15, 0.2) is 0 Å². The number of halogens is 2. The average Bonchev–Trinajstić information content (AvgIpc) is 2.50. The molecule has 1 fully saturated rings. The van der Waals surface area contributed by atoms with Crippen LogP contribution in [-0.4, -0.2) is 34.7 Å². The van der Waals surface area contributed by atoms with Gasteiger partial charge in [-0.15, -0.1) is 0 Å². The molecule has 0 spiro atoms. The molecule has 0 amide bonds. The molecule has 1 N–H and O–H groups in total. The van der Waals surface area contributed by atoms with Crippen LogP contribution in [0.4, 0.5) is 4.39 Å². The van der Waals surface area contributed by atoms with Crippen LogP contribution in [0.15, 0.2) is 22.7 Å². The second-order valence-electron chi connectivity index (χ2n) is 6.21. The Kier molecular flexibility index (Phi) is 5.81. The van der Waals surface area contributed by atoms with Crippen molar-refractivity contribution in [2.24, 2.45) is 0 Å². The lowest BCUT2D eigenvalue weighted by Gasteiger charge is -2.46. The zero-order valence-electron chi connectivity index (χ0n) is 12.9. The summed E-state index contributed by atoms with van der Waals surface area (Å²) in [7, 11) is 0. The molecule has 0 radical (unpaired) electrons. The van der Waals surface area contributed by atoms with E-state index in [0.29, 0.717) is 12.0 Å². The number of aliphatic hydroxyl groups excluding tert-OH is 1. The van der Waals surface area contributed by atoms with Crippen molar-refractivity contribution in [2.45, 2.75) is 57.6 Å². The Balaban J connectivity index is 2.13. The molecule has 2 unspecified atom stereocenters. The van der Waals surface area contributed by atoms with Crippen LogP contribution < -0.4 is 0 Å². The molecule has 118 valence electrons. The summed E-state index contributed by atoms with van der Waals surface area (Å²) in [5, 5.41) is 10.7. The highest BCUT2D eigenvalue weighted by atomic mass is 79.9. The number of piperidine rings is 1. The van der Waals surface area contributed by atoms with Crippen molar-refractivity contribution < 1.29 is 9.50 Å². The smallest absolute Gasteiger partial charge is 0.127 e. The maximum Gasteiger partial charge on any atom is 0.127 e. The van der Waals surface area contributed by atoms with E-state index in [2.05, 4.69) is 34.7 Å². The molecule has 1 heterocycles. The summed E-state index contributed by atoms with van der Waals surface area (Å²) in [4.78, 5) is 2.39. The van der Waals surface area contributed by atoms with Crippen LogP contribution in [0.2, 0.25) is 0 Å². The van der Waals surface area contributed by atoms with Crippen molar-refractivity contribution >= 4 is 15.9 Å².